The molecule has 26 heavy (non-hydrogen) atoms. The fourth-order valence-corrected chi connectivity index (χ4v) is 4.67. The zero-order valence-electron chi connectivity index (χ0n) is 14.0. The number of alkyl halides is 3. The average molecular weight is 384 g/mol. The molecule has 0 unspecified atom stereocenters. The van der Waals surface area contributed by atoms with Crippen LogP contribution in [0.15, 0.2) is 59.5 Å². The first-order valence-corrected chi connectivity index (χ1v) is 9.65. The molecule has 2 aromatic rings. The molecule has 1 saturated heterocycles. The van der Waals surface area contributed by atoms with E-state index in [1.165, 1.54) is 12.1 Å². The number of rotatable bonds is 4. The van der Waals surface area contributed by atoms with Crippen LogP contribution in [0.25, 0.3) is 0 Å². The predicted molar refractivity (Wildman–Crippen MR) is 91.9 cm³/mol. The van der Waals surface area contributed by atoms with Crippen LogP contribution in [0.4, 0.5) is 13.2 Å². The molecule has 1 aliphatic rings. The van der Waals surface area contributed by atoms with Crippen LogP contribution in [-0.4, -0.2) is 43.8 Å². The standard InChI is InChI=1S/C18H19F3N2O2S/c19-18(20,21)16-8-4-5-9-17(16)26(24,25)23-12-10-22(11-13-23)14-15-6-2-1-3-7-15/h1-9H,10-14H2. The van der Waals surface area contributed by atoms with Crippen LogP contribution in [0, 0.1) is 0 Å². The van der Waals surface area contributed by atoms with E-state index in [4.69, 9.17) is 0 Å². The molecule has 0 amide bonds. The Balaban J connectivity index is 1.73. The third-order valence-electron chi connectivity index (χ3n) is 4.39. The van der Waals surface area contributed by atoms with Crippen molar-refractivity contribution in [2.24, 2.45) is 0 Å². The van der Waals surface area contributed by atoms with Crippen LogP contribution in [-0.2, 0) is 22.7 Å². The van der Waals surface area contributed by atoms with E-state index < -0.39 is 26.7 Å². The molecule has 0 N–H and O–H groups in total. The van der Waals surface area contributed by atoms with E-state index in [-0.39, 0.29) is 13.1 Å². The molecule has 1 heterocycles. The van der Waals surface area contributed by atoms with Gasteiger partial charge in [0.15, 0.2) is 0 Å². The van der Waals surface area contributed by atoms with Gasteiger partial charge in [-0.1, -0.05) is 42.5 Å². The van der Waals surface area contributed by atoms with Gasteiger partial charge in [-0.3, -0.25) is 4.90 Å². The van der Waals surface area contributed by atoms with Gasteiger partial charge in [0.05, 0.1) is 10.5 Å². The van der Waals surface area contributed by atoms with Crippen molar-refractivity contribution in [3.63, 3.8) is 0 Å². The Kier molecular flexibility index (Phi) is 5.36. The summed E-state index contributed by atoms with van der Waals surface area (Å²) in [5.74, 6) is 0. The molecule has 1 fully saturated rings. The zero-order valence-corrected chi connectivity index (χ0v) is 14.8. The van der Waals surface area contributed by atoms with Crippen molar-refractivity contribution in [2.75, 3.05) is 26.2 Å². The minimum Gasteiger partial charge on any atom is -0.296 e. The summed E-state index contributed by atoms with van der Waals surface area (Å²) in [6.45, 7) is 1.97. The Labute approximate surface area is 150 Å². The van der Waals surface area contributed by atoms with Crippen molar-refractivity contribution >= 4 is 10.0 Å². The first-order chi connectivity index (χ1) is 12.3. The molecule has 8 heteroatoms. The Morgan fingerprint density at radius 1 is 0.846 bits per heavy atom. The van der Waals surface area contributed by atoms with Crippen molar-refractivity contribution in [1.82, 2.24) is 9.21 Å². The first-order valence-electron chi connectivity index (χ1n) is 8.21. The van der Waals surface area contributed by atoms with Crippen molar-refractivity contribution in [1.29, 1.82) is 0 Å². The second kappa shape index (κ2) is 7.38. The summed E-state index contributed by atoms with van der Waals surface area (Å²) in [6.07, 6.45) is -4.71. The normalized spacial score (nSPS) is 17.3. The number of hydrogen-bond donors (Lipinski definition) is 0. The number of hydrogen-bond acceptors (Lipinski definition) is 3. The van der Waals surface area contributed by atoms with E-state index in [9.17, 15) is 21.6 Å². The van der Waals surface area contributed by atoms with Crippen LogP contribution < -0.4 is 0 Å². The molecule has 140 valence electrons. The number of halogens is 3. The van der Waals surface area contributed by atoms with E-state index in [1.807, 2.05) is 30.3 Å². The average Bonchev–Trinajstić information content (AvgIpc) is 2.62. The summed E-state index contributed by atoms with van der Waals surface area (Å²) in [5, 5.41) is 0. The largest absolute Gasteiger partial charge is 0.417 e. The number of benzene rings is 2. The molecule has 0 saturated carbocycles. The lowest BCUT2D eigenvalue weighted by atomic mass is 10.2. The summed E-state index contributed by atoms with van der Waals surface area (Å²) in [7, 11) is -4.19. The van der Waals surface area contributed by atoms with Gasteiger partial charge in [0.2, 0.25) is 10.0 Å². The molecule has 0 atom stereocenters. The minimum atomic E-state index is -4.71. The smallest absolute Gasteiger partial charge is 0.296 e. The lowest BCUT2D eigenvalue weighted by Gasteiger charge is -2.34. The highest BCUT2D eigenvalue weighted by Crippen LogP contribution is 2.35. The van der Waals surface area contributed by atoms with Gasteiger partial charge in [-0.2, -0.15) is 17.5 Å². The van der Waals surface area contributed by atoms with E-state index >= 15 is 0 Å². The van der Waals surface area contributed by atoms with Gasteiger partial charge >= 0.3 is 6.18 Å². The Bertz CT molecular complexity index is 846. The second-order valence-electron chi connectivity index (χ2n) is 6.16. The van der Waals surface area contributed by atoms with E-state index in [2.05, 4.69) is 4.90 Å². The molecule has 1 aliphatic heterocycles. The molecular formula is C18H19F3N2O2S. The molecule has 0 aliphatic carbocycles. The molecule has 0 aromatic heterocycles. The Morgan fingerprint density at radius 2 is 1.42 bits per heavy atom. The van der Waals surface area contributed by atoms with Gasteiger partial charge in [-0.05, 0) is 17.7 Å². The monoisotopic (exact) mass is 384 g/mol. The summed E-state index contributed by atoms with van der Waals surface area (Å²) < 4.78 is 66.1. The third kappa shape index (κ3) is 4.08. The zero-order chi connectivity index (χ0) is 18.8. The van der Waals surface area contributed by atoms with Gasteiger partial charge in [0, 0.05) is 32.7 Å². The second-order valence-corrected chi connectivity index (χ2v) is 8.07. The fourth-order valence-electron chi connectivity index (χ4n) is 3.03. The maximum atomic E-state index is 13.2. The lowest BCUT2D eigenvalue weighted by Crippen LogP contribution is -2.48. The number of piperazine rings is 1. The minimum absolute atomic E-state index is 0.168. The van der Waals surface area contributed by atoms with Crippen LogP contribution in [0.1, 0.15) is 11.1 Å². The van der Waals surface area contributed by atoms with E-state index in [0.29, 0.717) is 19.6 Å². The maximum Gasteiger partial charge on any atom is 0.417 e. The summed E-state index contributed by atoms with van der Waals surface area (Å²) in [4.78, 5) is 1.42. The van der Waals surface area contributed by atoms with Gasteiger partial charge in [0.25, 0.3) is 0 Å². The lowest BCUT2D eigenvalue weighted by molar-refractivity contribution is -0.139. The molecule has 3 rings (SSSR count). The molecule has 0 bridgehead atoms. The number of nitrogens with zero attached hydrogens (tertiary/aromatic N) is 2. The van der Waals surface area contributed by atoms with Gasteiger partial charge in [-0.15, -0.1) is 0 Å². The van der Waals surface area contributed by atoms with Gasteiger partial charge < -0.3 is 0 Å². The highest BCUT2D eigenvalue weighted by atomic mass is 32.2. The van der Waals surface area contributed by atoms with Crippen LogP contribution in [0.5, 0.6) is 0 Å². The molecule has 0 spiro atoms. The van der Waals surface area contributed by atoms with Crippen LogP contribution >= 0.6 is 0 Å². The predicted octanol–water partition coefficient (Wildman–Crippen LogP) is 3.21. The molecular weight excluding hydrogens is 365 g/mol. The topological polar surface area (TPSA) is 40.6 Å². The van der Waals surface area contributed by atoms with Crippen LogP contribution in [0.3, 0.4) is 0 Å². The molecule has 2 aromatic carbocycles. The Hall–Kier alpha value is -1.90. The molecule has 0 radical (unpaired) electrons. The highest BCUT2D eigenvalue weighted by molar-refractivity contribution is 7.89. The fraction of sp³-hybridized carbons (Fsp3) is 0.333. The SMILES string of the molecule is O=S(=O)(c1ccccc1C(F)(F)F)N1CCN(Cc2ccccc2)CC1. The summed E-state index contributed by atoms with van der Waals surface area (Å²) >= 11 is 0. The molecule has 4 nitrogen and oxygen atoms in total. The van der Waals surface area contributed by atoms with Gasteiger partial charge in [-0.25, -0.2) is 8.42 Å². The summed E-state index contributed by atoms with van der Waals surface area (Å²) in [6, 6.07) is 14.1. The maximum absolute atomic E-state index is 13.2. The van der Waals surface area contributed by atoms with Crippen molar-refractivity contribution in [3.8, 4) is 0 Å². The summed E-state index contributed by atoms with van der Waals surface area (Å²) in [5.41, 5.74) is -0.00191. The number of sulfonamides is 1. The Morgan fingerprint density at radius 3 is 2.04 bits per heavy atom. The van der Waals surface area contributed by atoms with E-state index in [1.54, 1.807) is 0 Å². The highest BCUT2D eigenvalue weighted by Gasteiger charge is 2.39. The third-order valence-corrected chi connectivity index (χ3v) is 6.35. The first kappa shape index (κ1) is 18.9. The van der Waals surface area contributed by atoms with Crippen molar-refractivity contribution in [2.45, 2.75) is 17.6 Å². The van der Waals surface area contributed by atoms with E-state index in [0.717, 1.165) is 22.0 Å². The van der Waals surface area contributed by atoms with Gasteiger partial charge in [0.1, 0.15) is 0 Å². The van der Waals surface area contributed by atoms with Crippen LogP contribution in [0.2, 0.25) is 0 Å². The van der Waals surface area contributed by atoms with Crippen molar-refractivity contribution in [3.05, 3.63) is 65.7 Å². The van der Waals surface area contributed by atoms with Crippen molar-refractivity contribution < 1.29 is 21.6 Å². The quantitative estimate of drug-likeness (QED) is 0.813.